The Morgan fingerprint density at radius 1 is 1.15 bits per heavy atom. The number of piperidine rings is 1. The lowest BCUT2D eigenvalue weighted by atomic mass is 9.89. The van der Waals surface area contributed by atoms with Crippen LogP contribution in [0.3, 0.4) is 0 Å². The number of nitrogens with zero attached hydrogens (tertiary/aromatic N) is 3. The van der Waals surface area contributed by atoms with Crippen molar-refractivity contribution in [2.24, 2.45) is 0 Å². The minimum atomic E-state index is -3.88. The highest BCUT2D eigenvalue weighted by molar-refractivity contribution is 7.92. The van der Waals surface area contributed by atoms with E-state index in [4.69, 9.17) is 9.78 Å². The topological polar surface area (TPSA) is 116 Å². The number of nitriles is 1. The summed E-state index contributed by atoms with van der Waals surface area (Å²) >= 11 is 0. The molecule has 0 radical (unpaired) electrons. The van der Waals surface area contributed by atoms with Gasteiger partial charge in [-0.2, -0.15) is 5.26 Å². The highest BCUT2D eigenvalue weighted by Gasteiger charge is 2.26. The third kappa shape index (κ3) is 4.76. The van der Waals surface area contributed by atoms with Gasteiger partial charge in [0.1, 0.15) is 4.90 Å². The summed E-state index contributed by atoms with van der Waals surface area (Å²) in [4.78, 5) is 14.9. The molecule has 9 heteroatoms. The normalized spacial score (nSPS) is 14.6. The Morgan fingerprint density at radius 2 is 1.85 bits per heavy atom. The number of aryl methyl sites for hydroxylation is 2. The van der Waals surface area contributed by atoms with E-state index in [0.717, 1.165) is 19.0 Å². The zero-order valence-corrected chi connectivity index (χ0v) is 19.2. The van der Waals surface area contributed by atoms with Gasteiger partial charge in [-0.25, -0.2) is 8.42 Å². The Labute approximate surface area is 192 Å². The van der Waals surface area contributed by atoms with Crippen LogP contribution >= 0.6 is 0 Å². The maximum Gasteiger partial charge on any atom is 0.267 e. The average molecular weight is 465 g/mol. The number of likely N-dealkylation sites (tertiary alicyclic amines) is 1. The second-order valence-corrected chi connectivity index (χ2v) is 9.83. The Kier molecular flexibility index (Phi) is 6.20. The first-order valence-electron chi connectivity index (χ1n) is 10.6. The number of carbonyl (C=O) groups excluding carboxylic acids is 1. The fraction of sp³-hybridized carbons (Fsp3) is 0.292. The van der Waals surface area contributed by atoms with E-state index in [0.29, 0.717) is 41.4 Å². The Hall–Kier alpha value is -3.64. The van der Waals surface area contributed by atoms with Gasteiger partial charge in [0.25, 0.3) is 15.9 Å². The van der Waals surface area contributed by atoms with E-state index in [9.17, 15) is 13.2 Å². The minimum Gasteiger partial charge on any atom is -0.360 e. The number of benzene rings is 2. The third-order valence-corrected chi connectivity index (χ3v) is 7.48. The summed E-state index contributed by atoms with van der Waals surface area (Å²) in [6.45, 7) is 4.52. The summed E-state index contributed by atoms with van der Waals surface area (Å²) < 4.78 is 32.8. The average Bonchev–Trinajstić information content (AvgIpc) is 3.27. The molecular weight excluding hydrogens is 440 g/mol. The molecule has 0 aliphatic carbocycles. The zero-order valence-electron chi connectivity index (χ0n) is 18.4. The van der Waals surface area contributed by atoms with Crippen molar-refractivity contribution < 1.29 is 17.7 Å². The Bertz CT molecular complexity index is 1320. The Morgan fingerprint density at radius 3 is 2.45 bits per heavy atom. The predicted octanol–water partition coefficient (Wildman–Crippen LogP) is 3.98. The maximum atomic E-state index is 13.1. The molecule has 0 atom stereocenters. The number of amides is 1. The van der Waals surface area contributed by atoms with Gasteiger partial charge in [0.2, 0.25) is 0 Å². The molecule has 2 heterocycles. The van der Waals surface area contributed by atoms with E-state index in [-0.39, 0.29) is 16.6 Å². The van der Waals surface area contributed by atoms with Gasteiger partial charge < -0.3 is 9.42 Å². The van der Waals surface area contributed by atoms with Crippen molar-refractivity contribution in [3.8, 4) is 6.07 Å². The van der Waals surface area contributed by atoms with E-state index in [1.165, 1.54) is 12.5 Å². The van der Waals surface area contributed by atoms with Gasteiger partial charge >= 0.3 is 0 Å². The molecule has 1 aliphatic rings. The van der Waals surface area contributed by atoms with Crippen molar-refractivity contribution in [3.05, 3.63) is 76.7 Å². The number of sulfonamides is 1. The number of aromatic nitrogens is 1. The van der Waals surface area contributed by atoms with Gasteiger partial charge in [0, 0.05) is 18.7 Å². The number of hydrogen-bond acceptors (Lipinski definition) is 6. The lowest BCUT2D eigenvalue weighted by molar-refractivity contribution is 0.0713. The van der Waals surface area contributed by atoms with Gasteiger partial charge in [0.15, 0.2) is 5.76 Å². The molecule has 1 saturated heterocycles. The summed E-state index contributed by atoms with van der Waals surface area (Å²) in [5.74, 6) is 0.404. The number of rotatable bonds is 5. The summed E-state index contributed by atoms with van der Waals surface area (Å²) in [7, 11) is -3.88. The predicted molar refractivity (Wildman–Crippen MR) is 122 cm³/mol. The molecule has 0 saturated carbocycles. The molecule has 33 heavy (non-hydrogen) atoms. The standard InChI is InChI=1S/C24H24N4O4S/c1-16-3-6-21(13-22(16)27-33(30,31)23-15-26-32-17(23)2)24(29)28-11-9-20(10-12-28)19-7-4-18(14-25)5-8-19/h3-8,13,15,20,27H,9-12H2,1-2H3. The van der Waals surface area contributed by atoms with Crippen LogP contribution in [0.4, 0.5) is 5.69 Å². The van der Waals surface area contributed by atoms with Crippen molar-refractivity contribution in [1.82, 2.24) is 10.1 Å². The van der Waals surface area contributed by atoms with E-state index in [1.54, 1.807) is 30.0 Å². The van der Waals surface area contributed by atoms with Crippen LogP contribution in [-0.4, -0.2) is 37.5 Å². The van der Waals surface area contributed by atoms with Crippen LogP contribution in [0, 0.1) is 25.2 Å². The largest absolute Gasteiger partial charge is 0.360 e. The molecule has 8 nitrogen and oxygen atoms in total. The molecule has 3 aromatic rings. The van der Waals surface area contributed by atoms with E-state index < -0.39 is 10.0 Å². The summed E-state index contributed by atoms with van der Waals surface area (Å²) in [5, 5.41) is 12.5. The summed E-state index contributed by atoms with van der Waals surface area (Å²) in [6.07, 6.45) is 2.81. The van der Waals surface area contributed by atoms with Gasteiger partial charge in [-0.1, -0.05) is 23.4 Å². The number of anilines is 1. The van der Waals surface area contributed by atoms with Crippen molar-refractivity contribution in [2.45, 2.75) is 37.5 Å². The molecule has 170 valence electrons. The van der Waals surface area contributed by atoms with Gasteiger partial charge in [-0.05, 0) is 68.0 Å². The van der Waals surface area contributed by atoms with Crippen molar-refractivity contribution in [2.75, 3.05) is 17.8 Å². The number of hydrogen-bond donors (Lipinski definition) is 1. The van der Waals surface area contributed by atoms with Crippen LogP contribution in [0.2, 0.25) is 0 Å². The quantitative estimate of drug-likeness (QED) is 0.610. The molecule has 1 fully saturated rings. The fourth-order valence-corrected chi connectivity index (χ4v) is 5.26. The summed E-state index contributed by atoms with van der Waals surface area (Å²) in [5.41, 5.74) is 3.28. The molecule has 1 aromatic heterocycles. The van der Waals surface area contributed by atoms with Gasteiger partial charge in [-0.15, -0.1) is 0 Å². The maximum absolute atomic E-state index is 13.1. The molecule has 4 rings (SSSR count). The van der Waals surface area contributed by atoms with Crippen LogP contribution in [0.15, 0.2) is 58.1 Å². The highest BCUT2D eigenvalue weighted by Crippen LogP contribution is 2.30. The smallest absolute Gasteiger partial charge is 0.267 e. The van der Waals surface area contributed by atoms with Crippen LogP contribution in [0.1, 0.15) is 51.6 Å². The minimum absolute atomic E-state index is 0.0384. The van der Waals surface area contributed by atoms with E-state index in [2.05, 4.69) is 15.9 Å². The zero-order chi connectivity index (χ0) is 23.6. The second-order valence-electron chi connectivity index (χ2n) is 8.18. The number of nitrogens with one attached hydrogen (secondary N) is 1. The number of carbonyl (C=O) groups is 1. The van der Waals surface area contributed by atoms with Crippen LogP contribution < -0.4 is 4.72 Å². The first kappa shape index (κ1) is 22.6. The van der Waals surface area contributed by atoms with Gasteiger partial charge in [0.05, 0.1) is 23.5 Å². The molecule has 0 unspecified atom stereocenters. The molecule has 1 aliphatic heterocycles. The third-order valence-electron chi connectivity index (χ3n) is 6.02. The highest BCUT2D eigenvalue weighted by atomic mass is 32.2. The molecule has 0 bridgehead atoms. The molecule has 1 N–H and O–H groups in total. The fourth-order valence-electron chi connectivity index (χ4n) is 4.04. The van der Waals surface area contributed by atoms with E-state index >= 15 is 0 Å². The first-order valence-corrected chi connectivity index (χ1v) is 12.1. The Balaban J connectivity index is 1.46. The van der Waals surface area contributed by atoms with Crippen molar-refractivity contribution in [1.29, 1.82) is 5.26 Å². The molecule has 0 spiro atoms. The second kappa shape index (κ2) is 9.08. The molecular formula is C24H24N4O4S. The van der Waals surface area contributed by atoms with Crippen molar-refractivity contribution in [3.63, 3.8) is 0 Å². The monoisotopic (exact) mass is 464 g/mol. The van der Waals surface area contributed by atoms with Crippen LogP contribution in [0.25, 0.3) is 0 Å². The van der Waals surface area contributed by atoms with Crippen LogP contribution in [0.5, 0.6) is 0 Å². The summed E-state index contributed by atoms with van der Waals surface area (Å²) in [6, 6.07) is 14.8. The van der Waals surface area contributed by atoms with Crippen molar-refractivity contribution >= 4 is 21.6 Å². The van der Waals surface area contributed by atoms with Crippen LogP contribution in [-0.2, 0) is 10.0 Å². The van der Waals surface area contributed by atoms with Gasteiger partial charge in [-0.3, -0.25) is 9.52 Å². The molecule has 1 amide bonds. The molecule has 2 aromatic carbocycles. The SMILES string of the molecule is Cc1ccc(C(=O)N2CCC(c3ccc(C#N)cc3)CC2)cc1NS(=O)(=O)c1cnoc1C. The van der Waals surface area contributed by atoms with E-state index in [1.807, 2.05) is 24.3 Å². The lowest BCUT2D eigenvalue weighted by Crippen LogP contribution is -2.38. The lowest BCUT2D eigenvalue weighted by Gasteiger charge is -2.32. The first-order chi connectivity index (χ1) is 15.8.